The molecule has 0 unspecified atom stereocenters. The SMILES string of the molecule is C[C@H]1CN(S(=O)(=O)c2ccc(OC(F)F)c(Cl)c2)C[C@@H](c2ccccc2)O1. The first kappa shape index (κ1) is 20.0. The van der Waals surface area contributed by atoms with Crippen LogP contribution in [0.2, 0.25) is 5.02 Å². The zero-order valence-electron chi connectivity index (χ0n) is 14.4. The zero-order valence-corrected chi connectivity index (χ0v) is 16.0. The molecule has 0 radical (unpaired) electrons. The molecule has 2 atom stereocenters. The van der Waals surface area contributed by atoms with Gasteiger partial charge in [0.2, 0.25) is 10.0 Å². The van der Waals surface area contributed by atoms with Crippen molar-refractivity contribution in [2.24, 2.45) is 0 Å². The number of morpholine rings is 1. The second kappa shape index (κ2) is 8.10. The smallest absolute Gasteiger partial charge is 0.387 e. The molecule has 0 N–H and O–H groups in total. The largest absolute Gasteiger partial charge is 0.433 e. The number of rotatable bonds is 5. The van der Waals surface area contributed by atoms with Gasteiger partial charge in [-0.25, -0.2) is 8.42 Å². The van der Waals surface area contributed by atoms with Crippen LogP contribution in [0.3, 0.4) is 0 Å². The maximum absolute atomic E-state index is 13.0. The molecular formula is C18H18ClF2NO4S. The molecule has 1 aliphatic heterocycles. The first-order valence-electron chi connectivity index (χ1n) is 8.22. The van der Waals surface area contributed by atoms with Crippen LogP contribution in [0.25, 0.3) is 0 Å². The molecule has 27 heavy (non-hydrogen) atoms. The van der Waals surface area contributed by atoms with Crippen LogP contribution in [0.4, 0.5) is 8.78 Å². The Kier molecular flexibility index (Phi) is 6.00. The Hall–Kier alpha value is -1.74. The lowest BCUT2D eigenvalue weighted by atomic mass is 10.1. The number of hydrogen-bond donors (Lipinski definition) is 0. The van der Waals surface area contributed by atoms with E-state index < -0.39 is 22.7 Å². The zero-order chi connectivity index (χ0) is 19.6. The summed E-state index contributed by atoms with van der Waals surface area (Å²) in [6.07, 6.45) is -0.711. The van der Waals surface area contributed by atoms with E-state index in [9.17, 15) is 17.2 Å². The molecule has 5 nitrogen and oxygen atoms in total. The summed E-state index contributed by atoms with van der Waals surface area (Å²) in [7, 11) is -3.88. The molecule has 1 heterocycles. The van der Waals surface area contributed by atoms with Gasteiger partial charge in [-0.3, -0.25) is 0 Å². The Morgan fingerprint density at radius 3 is 2.52 bits per heavy atom. The molecule has 146 valence electrons. The highest BCUT2D eigenvalue weighted by Crippen LogP contribution is 2.32. The van der Waals surface area contributed by atoms with Crippen LogP contribution in [-0.2, 0) is 14.8 Å². The van der Waals surface area contributed by atoms with Gasteiger partial charge in [-0.1, -0.05) is 41.9 Å². The second-order valence-electron chi connectivity index (χ2n) is 6.14. The Morgan fingerprint density at radius 2 is 1.89 bits per heavy atom. The van der Waals surface area contributed by atoms with Gasteiger partial charge < -0.3 is 9.47 Å². The van der Waals surface area contributed by atoms with Crippen LogP contribution in [0.5, 0.6) is 5.75 Å². The first-order chi connectivity index (χ1) is 12.8. The van der Waals surface area contributed by atoms with Gasteiger partial charge in [0.05, 0.1) is 22.1 Å². The molecule has 0 saturated carbocycles. The fraction of sp³-hybridized carbons (Fsp3) is 0.333. The van der Waals surface area contributed by atoms with E-state index in [0.29, 0.717) is 0 Å². The lowest BCUT2D eigenvalue weighted by Crippen LogP contribution is -2.45. The summed E-state index contributed by atoms with van der Waals surface area (Å²) in [5, 5.41) is -0.197. The van der Waals surface area contributed by atoms with Crippen molar-refractivity contribution in [3.63, 3.8) is 0 Å². The monoisotopic (exact) mass is 417 g/mol. The molecule has 1 aliphatic rings. The number of halogens is 3. The average Bonchev–Trinajstić information content (AvgIpc) is 2.63. The number of benzene rings is 2. The van der Waals surface area contributed by atoms with Crippen molar-refractivity contribution in [2.45, 2.75) is 30.6 Å². The predicted octanol–water partition coefficient (Wildman–Crippen LogP) is 4.09. The molecule has 0 bridgehead atoms. The van der Waals surface area contributed by atoms with Gasteiger partial charge in [0.1, 0.15) is 5.75 Å². The molecule has 2 aromatic rings. The molecule has 9 heteroatoms. The summed E-state index contributed by atoms with van der Waals surface area (Å²) in [5.41, 5.74) is 0.878. The van der Waals surface area contributed by atoms with E-state index in [-0.39, 0.29) is 34.9 Å². The van der Waals surface area contributed by atoms with Gasteiger partial charge in [-0.05, 0) is 30.7 Å². The molecule has 0 amide bonds. The lowest BCUT2D eigenvalue weighted by molar-refractivity contribution is -0.0557. The molecule has 1 fully saturated rings. The van der Waals surface area contributed by atoms with Crippen molar-refractivity contribution in [3.05, 3.63) is 59.1 Å². The minimum absolute atomic E-state index is 0.0879. The van der Waals surface area contributed by atoms with Crippen LogP contribution in [-0.4, -0.2) is 38.5 Å². The van der Waals surface area contributed by atoms with E-state index in [1.807, 2.05) is 30.3 Å². The molecule has 0 aliphatic carbocycles. The fourth-order valence-electron chi connectivity index (χ4n) is 2.94. The van der Waals surface area contributed by atoms with Gasteiger partial charge in [0.25, 0.3) is 0 Å². The van der Waals surface area contributed by atoms with Crippen molar-refractivity contribution in [3.8, 4) is 5.75 Å². The average molecular weight is 418 g/mol. The van der Waals surface area contributed by atoms with Crippen molar-refractivity contribution in [1.29, 1.82) is 0 Å². The van der Waals surface area contributed by atoms with Gasteiger partial charge in [-0.15, -0.1) is 0 Å². The van der Waals surface area contributed by atoms with Crippen molar-refractivity contribution in [2.75, 3.05) is 13.1 Å². The van der Waals surface area contributed by atoms with E-state index >= 15 is 0 Å². The van der Waals surface area contributed by atoms with Crippen molar-refractivity contribution in [1.82, 2.24) is 4.31 Å². The van der Waals surface area contributed by atoms with E-state index in [1.165, 1.54) is 10.4 Å². The minimum Gasteiger partial charge on any atom is -0.433 e. The summed E-state index contributed by atoms with van der Waals surface area (Å²) in [6.45, 7) is -0.927. The summed E-state index contributed by atoms with van der Waals surface area (Å²) < 4.78 is 62.2. The predicted molar refractivity (Wildman–Crippen MR) is 96.6 cm³/mol. The van der Waals surface area contributed by atoms with Gasteiger partial charge in [-0.2, -0.15) is 13.1 Å². The Morgan fingerprint density at radius 1 is 1.19 bits per heavy atom. The first-order valence-corrected chi connectivity index (χ1v) is 10.0. The third-order valence-electron chi connectivity index (χ3n) is 4.16. The van der Waals surface area contributed by atoms with E-state index in [0.717, 1.165) is 17.7 Å². The van der Waals surface area contributed by atoms with Crippen molar-refractivity contribution >= 4 is 21.6 Å². The van der Waals surface area contributed by atoms with Crippen LogP contribution in [0.1, 0.15) is 18.6 Å². The number of nitrogens with zero attached hydrogens (tertiary/aromatic N) is 1. The summed E-state index contributed by atoms with van der Waals surface area (Å²) >= 11 is 5.91. The normalized spacial score (nSPS) is 21.4. The molecular weight excluding hydrogens is 400 g/mol. The highest BCUT2D eigenvalue weighted by atomic mass is 35.5. The lowest BCUT2D eigenvalue weighted by Gasteiger charge is -2.36. The van der Waals surface area contributed by atoms with Crippen LogP contribution < -0.4 is 4.74 Å². The van der Waals surface area contributed by atoms with Crippen molar-refractivity contribution < 1.29 is 26.7 Å². The topological polar surface area (TPSA) is 55.8 Å². The Balaban J connectivity index is 1.86. The maximum Gasteiger partial charge on any atom is 0.387 e. The quantitative estimate of drug-likeness (QED) is 0.735. The number of sulfonamides is 1. The molecule has 1 saturated heterocycles. The van der Waals surface area contributed by atoms with Gasteiger partial charge in [0, 0.05) is 13.1 Å². The second-order valence-corrected chi connectivity index (χ2v) is 8.48. The Bertz CT molecular complexity index is 895. The molecule has 3 rings (SSSR count). The summed E-state index contributed by atoms with van der Waals surface area (Å²) in [5.74, 6) is -0.275. The molecule has 0 spiro atoms. The minimum atomic E-state index is -3.88. The van der Waals surface area contributed by atoms with E-state index in [4.69, 9.17) is 16.3 Å². The number of ether oxygens (including phenoxy) is 2. The third-order valence-corrected chi connectivity index (χ3v) is 6.28. The fourth-order valence-corrected chi connectivity index (χ4v) is 4.78. The third kappa shape index (κ3) is 4.57. The highest BCUT2D eigenvalue weighted by Gasteiger charge is 2.34. The summed E-state index contributed by atoms with van der Waals surface area (Å²) in [6, 6.07) is 12.8. The maximum atomic E-state index is 13.0. The van der Waals surface area contributed by atoms with E-state index in [1.54, 1.807) is 6.92 Å². The standard InChI is InChI=1S/C18H18ClF2NO4S/c1-12-10-22(11-17(25-12)13-5-3-2-4-6-13)27(23,24)14-7-8-16(15(19)9-14)26-18(20)21/h2-9,12,17-18H,10-11H2,1H3/t12-,17-/m0/s1. The van der Waals surface area contributed by atoms with Gasteiger partial charge >= 0.3 is 6.61 Å². The van der Waals surface area contributed by atoms with Crippen LogP contribution in [0.15, 0.2) is 53.4 Å². The Labute approximate surface area is 161 Å². The molecule has 2 aromatic carbocycles. The number of hydrogen-bond acceptors (Lipinski definition) is 4. The van der Waals surface area contributed by atoms with Gasteiger partial charge in [0.15, 0.2) is 0 Å². The highest BCUT2D eigenvalue weighted by molar-refractivity contribution is 7.89. The summed E-state index contributed by atoms with van der Waals surface area (Å²) in [4.78, 5) is -0.0879. The number of alkyl halides is 2. The van der Waals surface area contributed by atoms with Crippen LogP contribution >= 0.6 is 11.6 Å². The molecule has 0 aromatic heterocycles. The van der Waals surface area contributed by atoms with Crippen LogP contribution in [0, 0.1) is 0 Å². The van der Waals surface area contributed by atoms with E-state index in [2.05, 4.69) is 4.74 Å².